The fraction of sp³-hybridized carbons (Fsp3) is 0.188. The van der Waals surface area contributed by atoms with Crippen molar-refractivity contribution in [3.8, 4) is 5.75 Å². The third-order valence-electron chi connectivity index (χ3n) is 2.42. The van der Waals surface area contributed by atoms with E-state index in [1.54, 1.807) is 7.11 Å². The van der Waals surface area contributed by atoms with Crippen LogP contribution in [0.4, 0.5) is 5.69 Å². The maximum Gasteiger partial charge on any atom is 0 e. The van der Waals surface area contributed by atoms with Gasteiger partial charge in [0, 0.05) is 28.8 Å². The molecule has 22 heavy (non-hydrogen) atoms. The van der Waals surface area contributed by atoms with E-state index < -0.39 is 0 Å². The second-order valence-corrected chi connectivity index (χ2v) is 3.53. The van der Waals surface area contributed by atoms with Gasteiger partial charge < -0.3 is 10.1 Å². The van der Waals surface area contributed by atoms with E-state index in [9.17, 15) is 0 Å². The van der Waals surface area contributed by atoms with Gasteiger partial charge in [0.2, 0.25) is 0 Å². The fourth-order valence-corrected chi connectivity index (χ4v) is 1.59. The number of allylic oxidation sites excluding steroid dienone is 2. The first kappa shape index (κ1) is 25.0. The maximum atomic E-state index is 7.50. The molecule has 1 unspecified atom stereocenters. The SMILES string of the molecule is COc1ccc(NC2C=CC=CC2)cc1.[C-]#[O+].[C-]#[O+].[C-]#[O+].[Fe]. The Morgan fingerprint density at radius 2 is 1.55 bits per heavy atom. The van der Waals surface area contributed by atoms with Crippen LogP contribution in [0.3, 0.4) is 0 Å². The number of rotatable bonds is 3. The number of benzene rings is 1. The Labute approximate surface area is 141 Å². The Bertz CT molecular complexity index is 475. The van der Waals surface area contributed by atoms with E-state index in [0.29, 0.717) is 6.04 Å². The van der Waals surface area contributed by atoms with E-state index in [-0.39, 0.29) is 17.1 Å². The first-order valence-electron chi connectivity index (χ1n) is 5.73. The van der Waals surface area contributed by atoms with E-state index >= 15 is 0 Å². The summed E-state index contributed by atoms with van der Waals surface area (Å²) in [6.45, 7) is 13.5. The van der Waals surface area contributed by atoms with Crippen molar-refractivity contribution < 1.29 is 35.8 Å². The van der Waals surface area contributed by atoms with Crippen molar-refractivity contribution in [3.05, 3.63) is 68.5 Å². The zero-order valence-electron chi connectivity index (χ0n) is 11.9. The van der Waals surface area contributed by atoms with Crippen molar-refractivity contribution in [2.24, 2.45) is 0 Å². The summed E-state index contributed by atoms with van der Waals surface area (Å²) >= 11 is 0. The second kappa shape index (κ2) is 19.0. The molecule has 0 fully saturated rings. The summed E-state index contributed by atoms with van der Waals surface area (Å²) in [6.07, 6.45) is 9.53. The minimum atomic E-state index is 0. The number of anilines is 1. The Morgan fingerprint density at radius 1 is 1.00 bits per heavy atom. The zero-order chi connectivity index (χ0) is 16.5. The smallest absolute Gasteiger partial charge is 0 e. The van der Waals surface area contributed by atoms with Crippen LogP contribution in [0.2, 0.25) is 0 Å². The molecule has 0 radical (unpaired) electrons. The quantitative estimate of drug-likeness (QED) is 0.521. The molecule has 0 aliphatic heterocycles. The van der Waals surface area contributed by atoms with Crippen molar-refractivity contribution in [1.82, 2.24) is 0 Å². The van der Waals surface area contributed by atoms with Gasteiger partial charge in [-0.25, -0.2) is 0 Å². The zero-order valence-corrected chi connectivity index (χ0v) is 13.0. The summed E-state index contributed by atoms with van der Waals surface area (Å²) in [5.41, 5.74) is 1.13. The van der Waals surface area contributed by atoms with Gasteiger partial charge in [0.15, 0.2) is 0 Å². The van der Waals surface area contributed by atoms with Gasteiger partial charge in [-0.1, -0.05) is 24.3 Å². The summed E-state index contributed by atoms with van der Waals surface area (Å²) < 4.78 is 27.6. The molecule has 5 nitrogen and oxygen atoms in total. The van der Waals surface area contributed by atoms with Crippen LogP contribution >= 0.6 is 0 Å². The number of hydrogen-bond donors (Lipinski definition) is 1. The van der Waals surface area contributed by atoms with Crippen molar-refractivity contribution in [2.45, 2.75) is 12.5 Å². The normalized spacial score (nSPS) is 13.1. The molecule has 0 amide bonds. The van der Waals surface area contributed by atoms with Gasteiger partial charge in [0.05, 0.1) is 7.11 Å². The molecular weight excluding hydrogens is 326 g/mol. The van der Waals surface area contributed by atoms with Crippen LogP contribution in [0.5, 0.6) is 5.75 Å². The van der Waals surface area contributed by atoms with Gasteiger partial charge in [0.1, 0.15) is 5.75 Å². The molecule has 6 heteroatoms. The standard InChI is InChI=1S/C13H15NO.3CO.Fe/c1-15-13-9-7-12(8-10-13)14-11-5-3-2-4-6-11;3*1-2;/h2-5,7-11,14H,6H2,1H3;;;;. The summed E-state index contributed by atoms with van der Waals surface area (Å²) in [5.74, 6) is 0.889. The van der Waals surface area contributed by atoms with Crippen LogP contribution in [0.1, 0.15) is 6.42 Å². The molecular formula is C16H15FeNO4. The molecule has 0 heterocycles. The first-order valence-corrected chi connectivity index (χ1v) is 5.73. The fourth-order valence-electron chi connectivity index (χ4n) is 1.59. The summed E-state index contributed by atoms with van der Waals surface area (Å²) in [5, 5.41) is 3.44. The van der Waals surface area contributed by atoms with Gasteiger partial charge in [-0.15, -0.1) is 0 Å². The maximum absolute atomic E-state index is 7.50. The molecule has 0 saturated carbocycles. The molecule has 0 spiro atoms. The van der Waals surface area contributed by atoms with E-state index in [4.69, 9.17) is 18.7 Å². The predicted molar refractivity (Wildman–Crippen MR) is 75.1 cm³/mol. The summed E-state index contributed by atoms with van der Waals surface area (Å²) in [7, 11) is 1.68. The van der Waals surface area contributed by atoms with E-state index in [1.165, 1.54) is 0 Å². The molecule has 1 N–H and O–H groups in total. The van der Waals surface area contributed by atoms with E-state index in [0.717, 1.165) is 17.9 Å². The molecule has 0 saturated heterocycles. The van der Waals surface area contributed by atoms with Gasteiger partial charge in [-0.3, -0.25) is 0 Å². The van der Waals surface area contributed by atoms with Crippen molar-refractivity contribution in [3.63, 3.8) is 0 Å². The molecule has 1 aromatic rings. The van der Waals surface area contributed by atoms with Crippen molar-refractivity contribution in [1.29, 1.82) is 0 Å². The summed E-state index contributed by atoms with van der Waals surface area (Å²) in [4.78, 5) is 0. The average molecular weight is 341 g/mol. The second-order valence-electron chi connectivity index (χ2n) is 3.53. The molecule has 116 valence electrons. The first-order chi connectivity index (χ1) is 10.4. The van der Waals surface area contributed by atoms with Gasteiger partial charge >= 0.3 is 33.9 Å². The summed E-state index contributed by atoms with van der Waals surface area (Å²) in [6, 6.07) is 8.40. The Morgan fingerprint density at radius 3 is 1.95 bits per heavy atom. The van der Waals surface area contributed by atoms with E-state index in [2.05, 4.69) is 49.6 Å². The van der Waals surface area contributed by atoms with Gasteiger partial charge in [0.25, 0.3) is 0 Å². The van der Waals surface area contributed by atoms with Crippen molar-refractivity contribution >= 4 is 5.69 Å². The Kier molecular flexibility index (Phi) is 21.7. The Hall–Kier alpha value is -1.96. The minimum Gasteiger partial charge on any atom is 0 e. The number of hydrogen-bond acceptors (Lipinski definition) is 2. The number of nitrogens with one attached hydrogen (secondary N) is 1. The number of methoxy groups -OCH3 is 1. The molecule has 1 aromatic carbocycles. The van der Waals surface area contributed by atoms with Crippen LogP contribution in [0.15, 0.2) is 48.6 Å². The van der Waals surface area contributed by atoms with Crippen molar-refractivity contribution in [2.75, 3.05) is 12.4 Å². The van der Waals surface area contributed by atoms with Gasteiger partial charge in [-0.2, -0.15) is 0 Å². The molecule has 1 aliphatic carbocycles. The molecule has 2 rings (SSSR count). The molecule has 0 bridgehead atoms. The van der Waals surface area contributed by atoms with E-state index in [1.807, 2.05) is 24.3 Å². The Balaban J connectivity index is -0.000000463. The molecule has 1 atom stereocenters. The average Bonchev–Trinajstić information content (AvgIpc) is 2.62. The van der Waals surface area contributed by atoms with Gasteiger partial charge in [-0.05, 0) is 30.7 Å². The monoisotopic (exact) mass is 341 g/mol. The largest absolute Gasteiger partial charge is 0 e. The predicted octanol–water partition coefficient (Wildman–Crippen LogP) is 2.88. The molecule has 1 aliphatic rings. The third kappa shape index (κ3) is 10.8. The third-order valence-corrected chi connectivity index (χ3v) is 2.42. The molecule has 0 aromatic heterocycles. The van der Waals surface area contributed by atoms with Crippen LogP contribution in [0.25, 0.3) is 0 Å². The topological polar surface area (TPSA) is 81.0 Å². The van der Waals surface area contributed by atoms with Crippen LogP contribution in [-0.4, -0.2) is 13.2 Å². The van der Waals surface area contributed by atoms with Crippen LogP contribution < -0.4 is 10.1 Å². The minimum absolute atomic E-state index is 0. The van der Waals surface area contributed by atoms with Crippen LogP contribution in [-0.2, 0) is 31.0 Å². The number of ether oxygens (including phenoxy) is 1. The van der Waals surface area contributed by atoms with Crippen LogP contribution in [0, 0.1) is 20.0 Å².